The van der Waals surface area contributed by atoms with Gasteiger partial charge >= 0.3 is 0 Å². The van der Waals surface area contributed by atoms with Crippen LogP contribution in [0.25, 0.3) is 0 Å². The van der Waals surface area contributed by atoms with Gasteiger partial charge in [-0.25, -0.2) is 13.4 Å². The van der Waals surface area contributed by atoms with Gasteiger partial charge in [0, 0.05) is 37.4 Å². The summed E-state index contributed by atoms with van der Waals surface area (Å²) in [6.07, 6.45) is 1.48. The topological polar surface area (TPSA) is 97.5 Å². The molecule has 1 aliphatic heterocycles. The number of rotatable bonds is 3. The standard InChI is InChI=1S/C16H14Cl2N4O3S/c17-12-7-13(18)16(23)14(8-12)26(24,25)22-5-3-21(4-6-22)15-2-1-11(9-19)10-20-15/h1-2,7-8,10,23H,3-6H2. The first-order valence-corrected chi connectivity index (χ1v) is 9.82. The zero-order chi connectivity index (χ0) is 18.9. The second kappa shape index (κ2) is 7.29. The lowest BCUT2D eigenvalue weighted by Crippen LogP contribution is -2.48. The van der Waals surface area contributed by atoms with Crippen molar-refractivity contribution in [2.24, 2.45) is 0 Å². The zero-order valence-electron chi connectivity index (χ0n) is 13.4. The van der Waals surface area contributed by atoms with Gasteiger partial charge in [0.2, 0.25) is 10.0 Å². The second-order valence-electron chi connectivity index (χ2n) is 5.64. The van der Waals surface area contributed by atoms with Crippen molar-refractivity contribution in [2.75, 3.05) is 31.1 Å². The Balaban J connectivity index is 1.78. The Bertz CT molecular complexity index is 966. The van der Waals surface area contributed by atoms with Gasteiger partial charge in [-0.3, -0.25) is 0 Å². The van der Waals surface area contributed by atoms with Crippen LogP contribution < -0.4 is 4.90 Å². The molecular weight excluding hydrogens is 399 g/mol. The van der Waals surface area contributed by atoms with E-state index >= 15 is 0 Å². The molecule has 0 radical (unpaired) electrons. The van der Waals surface area contributed by atoms with Crippen molar-refractivity contribution in [1.29, 1.82) is 5.26 Å². The van der Waals surface area contributed by atoms with Gasteiger partial charge in [0.25, 0.3) is 0 Å². The third-order valence-corrected chi connectivity index (χ3v) is 6.47. The first-order chi connectivity index (χ1) is 12.3. The highest BCUT2D eigenvalue weighted by Gasteiger charge is 2.32. The number of aromatic nitrogens is 1. The molecule has 1 fully saturated rings. The van der Waals surface area contributed by atoms with Gasteiger partial charge in [-0.1, -0.05) is 23.2 Å². The molecular formula is C16H14Cl2N4O3S. The van der Waals surface area contributed by atoms with Crippen molar-refractivity contribution >= 4 is 39.0 Å². The van der Waals surface area contributed by atoms with Crippen LogP contribution in [0.3, 0.4) is 0 Å². The van der Waals surface area contributed by atoms with Crippen LogP contribution in [0.1, 0.15) is 5.56 Å². The fraction of sp³-hybridized carbons (Fsp3) is 0.250. The Kier molecular flexibility index (Phi) is 5.25. The molecule has 0 unspecified atom stereocenters. The van der Waals surface area contributed by atoms with Crippen LogP contribution in [0.2, 0.25) is 10.0 Å². The van der Waals surface area contributed by atoms with Gasteiger partial charge in [-0.2, -0.15) is 9.57 Å². The van der Waals surface area contributed by atoms with Crippen LogP contribution in [-0.4, -0.2) is 49.0 Å². The fourth-order valence-corrected chi connectivity index (χ4v) is 4.84. The highest BCUT2D eigenvalue weighted by molar-refractivity contribution is 7.89. The summed E-state index contributed by atoms with van der Waals surface area (Å²) >= 11 is 11.7. The van der Waals surface area contributed by atoms with E-state index in [2.05, 4.69) is 4.98 Å². The fourth-order valence-electron chi connectivity index (χ4n) is 2.67. The molecule has 2 heterocycles. The SMILES string of the molecule is N#Cc1ccc(N2CCN(S(=O)(=O)c3cc(Cl)cc(Cl)c3O)CC2)nc1. The van der Waals surface area contributed by atoms with Crippen LogP contribution in [0.4, 0.5) is 5.82 Å². The quantitative estimate of drug-likeness (QED) is 0.831. The molecule has 1 saturated heterocycles. The maximum absolute atomic E-state index is 12.8. The zero-order valence-corrected chi connectivity index (χ0v) is 15.8. The van der Waals surface area contributed by atoms with Crippen molar-refractivity contribution in [3.8, 4) is 11.8 Å². The molecule has 0 amide bonds. The summed E-state index contributed by atoms with van der Waals surface area (Å²) in [5, 5.41) is 18.9. The van der Waals surface area contributed by atoms with Crippen molar-refractivity contribution in [3.63, 3.8) is 0 Å². The number of phenolic OH excluding ortho intramolecular Hbond substituents is 1. The van der Waals surface area contributed by atoms with E-state index in [1.807, 2.05) is 11.0 Å². The van der Waals surface area contributed by atoms with E-state index in [9.17, 15) is 13.5 Å². The van der Waals surface area contributed by atoms with Crippen molar-refractivity contribution < 1.29 is 13.5 Å². The third-order valence-electron chi connectivity index (χ3n) is 4.05. The molecule has 1 N–H and O–H groups in total. The summed E-state index contributed by atoms with van der Waals surface area (Å²) in [6, 6.07) is 7.87. The van der Waals surface area contributed by atoms with Crippen LogP contribution in [0.5, 0.6) is 5.75 Å². The smallest absolute Gasteiger partial charge is 0.246 e. The highest BCUT2D eigenvalue weighted by Crippen LogP contribution is 2.36. The number of hydrogen-bond acceptors (Lipinski definition) is 6. The lowest BCUT2D eigenvalue weighted by molar-refractivity contribution is 0.379. The molecule has 1 aromatic heterocycles. The van der Waals surface area contributed by atoms with Crippen LogP contribution in [-0.2, 0) is 10.0 Å². The van der Waals surface area contributed by atoms with Gasteiger partial charge in [0.15, 0.2) is 5.75 Å². The molecule has 0 atom stereocenters. The van der Waals surface area contributed by atoms with Crippen LogP contribution >= 0.6 is 23.2 Å². The summed E-state index contributed by atoms with van der Waals surface area (Å²) in [5.41, 5.74) is 0.461. The Labute approximate surface area is 161 Å². The Hall–Kier alpha value is -2.05. The van der Waals surface area contributed by atoms with Gasteiger partial charge in [0.1, 0.15) is 16.8 Å². The highest BCUT2D eigenvalue weighted by atomic mass is 35.5. The molecule has 1 aromatic carbocycles. The monoisotopic (exact) mass is 412 g/mol. The molecule has 26 heavy (non-hydrogen) atoms. The van der Waals surface area contributed by atoms with E-state index in [1.54, 1.807) is 12.1 Å². The molecule has 3 rings (SSSR count). The predicted octanol–water partition coefficient (Wildman–Crippen LogP) is 2.48. The number of anilines is 1. The van der Waals surface area contributed by atoms with Crippen LogP contribution in [0.15, 0.2) is 35.4 Å². The molecule has 0 aliphatic carbocycles. The van der Waals surface area contributed by atoms with E-state index < -0.39 is 15.8 Å². The number of piperazine rings is 1. The predicted molar refractivity (Wildman–Crippen MR) is 98.1 cm³/mol. The number of nitriles is 1. The van der Waals surface area contributed by atoms with Crippen molar-refractivity contribution in [1.82, 2.24) is 9.29 Å². The number of hydrogen-bond donors (Lipinski definition) is 1. The second-order valence-corrected chi connectivity index (χ2v) is 8.39. The Morgan fingerprint density at radius 2 is 1.85 bits per heavy atom. The van der Waals surface area contributed by atoms with Crippen molar-refractivity contribution in [2.45, 2.75) is 4.90 Å². The molecule has 7 nitrogen and oxygen atoms in total. The number of aromatic hydroxyl groups is 1. The molecule has 0 bridgehead atoms. The summed E-state index contributed by atoms with van der Waals surface area (Å²) in [4.78, 5) is 5.84. The number of benzene rings is 1. The maximum Gasteiger partial charge on any atom is 0.246 e. The Morgan fingerprint density at radius 1 is 1.15 bits per heavy atom. The largest absolute Gasteiger partial charge is 0.505 e. The molecule has 0 spiro atoms. The summed E-state index contributed by atoms with van der Waals surface area (Å²) < 4.78 is 26.9. The number of phenols is 1. The minimum Gasteiger partial charge on any atom is -0.505 e. The summed E-state index contributed by atoms with van der Waals surface area (Å²) in [7, 11) is -3.93. The van der Waals surface area contributed by atoms with E-state index in [-0.39, 0.29) is 28.0 Å². The van der Waals surface area contributed by atoms with E-state index in [4.69, 9.17) is 28.5 Å². The summed E-state index contributed by atoms with van der Waals surface area (Å²) in [6.45, 7) is 1.28. The van der Waals surface area contributed by atoms with E-state index in [0.717, 1.165) is 0 Å². The number of pyridine rings is 1. The van der Waals surface area contributed by atoms with E-state index in [0.29, 0.717) is 24.5 Å². The average molecular weight is 413 g/mol. The number of nitrogens with zero attached hydrogens (tertiary/aromatic N) is 4. The molecule has 1 aliphatic rings. The van der Waals surface area contributed by atoms with Gasteiger partial charge in [-0.15, -0.1) is 0 Å². The molecule has 2 aromatic rings. The van der Waals surface area contributed by atoms with E-state index in [1.165, 1.54) is 22.6 Å². The molecule has 136 valence electrons. The van der Waals surface area contributed by atoms with Gasteiger partial charge in [0.05, 0.1) is 10.6 Å². The number of halogens is 2. The minimum atomic E-state index is -3.93. The normalized spacial score (nSPS) is 15.7. The summed E-state index contributed by atoms with van der Waals surface area (Å²) in [5.74, 6) is 0.168. The van der Waals surface area contributed by atoms with Gasteiger partial charge < -0.3 is 10.0 Å². The lowest BCUT2D eigenvalue weighted by atomic mass is 10.3. The first kappa shape index (κ1) is 18.7. The average Bonchev–Trinajstić information content (AvgIpc) is 2.64. The van der Waals surface area contributed by atoms with Crippen LogP contribution in [0, 0.1) is 11.3 Å². The molecule has 10 heteroatoms. The lowest BCUT2D eigenvalue weighted by Gasteiger charge is -2.34. The maximum atomic E-state index is 12.8. The third kappa shape index (κ3) is 3.57. The van der Waals surface area contributed by atoms with Crippen molar-refractivity contribution in [3.05, 3.63) is 46.1 Å². The Morgan fingerprint density at radius 3 is 2.42 bits per heavy atom. The molecule has 0 saturated carbocycles. The number of sulfonamides is 1. The minimum absolute atomic E-state index is 0.114. The first-order valence-electron chi connectivity index (χ1n) is 7.62. The van der Waals surface area contributed by atoms with Gasteiger partial charge in [-0.05, 0) is 24.3 Å².